The summed E-state index contributed by atoms with van der Waals surface area (Å²) in [6.07, 6.45) is 2.65. The zero-order chi connectivity index (χ0) is 16.2. The molecule has 1 heterocycles. The molecule has 0 unspecified atom stereocenters. The number of benzene rings is 2. The van der Waals surface area contributed by atoms with E-state index in [1.54, 1.807) is 7.11 Å². The summed E-state index contributed by atoms with van der Waals surface area (Å²) in [4.78, 5) is 7.68. The molecule has 3 aromatic rings. The zero-order valence-corrected chi connectivity index (χ0v) is 13.6. The predicted molar refractivity (Wildman–Crippen MR) is 92.3 cm³/mol. The number of halogens is 1. The number of methoxy groups -OCH3 is 1. The highest BCUT2D eigenvalue weighted by Crippen LogP contribution is 2.29. The molecule has 0 radical (unpaired) electrons. The van der Waals surface area contributed by atoms with Crippen molar-refractivity contribution in [1.82, 2.24) is 9.97 Å². The summed E-state index contributed by atoms with van der Waals surface area (Å²) in [5, 5.41) is 0.674. The van der Waals surface area contributed by atoms with Gasteiger partial charge in [-0.1, -0.05) is 23.7 Å². The molecular weight excluding hydrogens is 312 g/mol. The van der Waals surface area contributed by atoms with Crippen molar-refractivity contribution in [3.8, 4) is 11.5 Å². The molecule has 0 amide bonds. The highest BCUT2D eigenvalue weighted by Gasteiger charge is 2.08. The molecule has 0 aliphatic heterocycles. The Bertz CT molecular complexity index is 842. The number of H-pyrrole nitrogens is 1. The molecule has 3 rings (SSSR count). The zero-order valence-electron chi connectivity index (χ0n) is 12.8. The number of rotatable bonds is 6. The Kier molecular flexibility index (Phi) is 4.53. The van der Waals surface area contributed by atoms with Gasteiger partial charge in [0.2, 0.25) is 0 Å². The molecule has 118 valence electrons. The monoisotopic (exact) mass is 328 g/mol. The van der Waals surface area contributed by atoms with E-state index in [1.807, 2.05) is 42.5 Å². The SMILES string of the molecule is C=CCc1ccc(OCc2nc3ccc(Cl)cc3[nH]2)c(OC)c1. The van der Waals surface area contributed by atoms with Gasteiger partial charge >= 0.3 is 0 Å². The molecule has 0 saturated carbocycles. The third-order valence-electron chi connectivity index (χ3n) is 3.47. The maximum Gasteiger partial charge on any atom is 0.161 e. The Balaban J connectivity index is 1.77. The number of fused-ring (bicyclic) bond motifs is 1. The van der Waals surface area contributed by atoms with Crippen LogP contribution in [0.5, 0.6) is 11.5 Å². The predicted octanol–water partition coefficient (Wildman–Crippen LogP) is 4.53. The number of imidazole rings is 1. The molecule has 0 saturated heterocycles. The van der Waals surface area contributed by atoms with Gasteiger partial charge in [-0.3, -0.25) is 0 Å². The van der Waals surface area contributed by atoms with Crippen LogP contribution in [-0.4, -0.2) is 17.1 Å². The van der Waals surface area contributed by atoms with E-state index in [9.17, 15) is 0 Å². The van der Waals surface area contributed by atoms with Gasteiger partial charge in [-0.25, -0.2) is 4.98 Å². The van der Waals surface area contributed by atoms with Crippen LogP contribution in [0.15, 0.2) is 49.1 Å². The normalized spacial score (nSPS) is 10.7. The lowest BCUT2D eigenvalue weighted by Gasteiger charge is -2.10. The van der Waals surface area contributed by atoms with Crippen LogP contribution in [-0.2, 0) is 13.0 Å². The number of nitrogens with zero attached hydrogens (tertiary/aromatic N) is 1. The smallest absolute Gasteiger partial charge is 0.161 e. The summed E-state index contributed by atoms with van der Waals surface area (Å²) in [6.45, 7) is 4.07. The Morgan fingerprint density at radius 1 is 1.22 bits per heavy atom. The van der Waals surface area contributed by atoms with Crippen molar-refractivity contribution >= 4 is 22.6 Å². The van der Waals surface area contributed by atoms with Crippen molar-refractivity contribution in [3.05, 3.63) is 65.5 Å². The standard InChI is InChI=1S/C18H17ClN2O2/c1-3-4-12-5-8-16(17(9-12)22-2)23-11-18-20-14-7-6-13(19)10-15(14)21-18/h3,5-10H,1,4,11H2,2H3,(H,20,21). The van der Waals surface area contributed by atoms with Gasteiger partial charge < -0.3 is 14.5 Å². The molecule has 5 heteroatoms. The first-order chi connectivity index (χ1) is 11.2. The molecule has 0 aliphatic rings. The van der Waals surface area contributed by atoms with Crippen LogP contribution in [0, 0.1) is 0 Å². The molecule has 0 atom stereocenters. The van der Waals surface area contributed by atoms with Crippen molar-refractivity contribution in [3.63, 3.8) is 0 Å². The molecule has 0 aliphatic carbocycles. The number of hydrogen-bond donors (Lipinski definition) is 1. The number of ether oxygens (including phenoxy) is 2. The second-order valence-electron chi connectivity index (χ2n) is 5.11. The van der Waals surface area contributed by atoms with Crippen LogP contribution in [0.2, 0.25) is 5.02 Å². The van der Waals surface area contributed by atoms with Crippen LogP contribution in [0.4, 0.5) is 0 Å². The van der Waals surface area contributed by atoms with Gasteiger partial charge in [0.1, 0.15) is 12.4 Å². The summed E-state index contributed by atoms with van der Waals surface area (Å²) in [5.74, 6) is 2.11. The summed E-state index contributed by atoms with van der Waals surface area (Å²) in [5.41, 5.74) is 2.88. The molecule has 2 aromatic carbocycles. The fraction of sp³-hybridized carbons (Fsp3) is 0.167. The van der Waals surface area contributed by atoms with Gasteiger partial charge in [0.15, 0.2) is 11.5 Å². The van der Waals surface area contributed by atoms with Crippen LogP contribution in [0.3, 0.4) is 0 Å². The van der Waals surface area contributed by atoms with Crippen molar-refractivity contribution in [1.29, 1.82) is 0 Å². The highest BCUT2D eigenvalue weighted by atomic mass is 35.5. The lowest BCUT2D eigenvalue weighted by molar-refractivity contribution is 0.277. The highest BCUT2D eigenvalue weighted by molar-refractivity contribution is 6.31. The fourth-order valence-electron chi connectivity index (χ4n) is 2.37. The van der Waals surface area contributed by atoms with Crippen LogP contribution in [0.25, 0.3) is 11.0 Å². The van der Waals surface area contributed by atoms with E-state index in [4.69, 9.17) is 21.1 Å². The van der Waals surface area contributed by atoms with E-state index in [0.717, 1.165) is 28.8 Å². The lowest BCUT2D eigenvalue weighted by Crippen LogP contribution is -2.00. The van der Waals surface area contributed by atoms with Gasteiger partial charge in [-0.2, -0.15) is 0 Å². The van der Waals surface area contributed by atoms with Gasteiger partial charge in [0.05, 0.1) is 18.1 Å². The molecule has 4 nitrogen and oxygen atoms in total. The Hall–Kier alpha value is -2.46. The third kappa shape index (κ3) is 3.48. The quantitative estimate of drug-likeness (QED) is 0.676. The minimum absolute atomic E-state index is 0.323. The first kappa shape index (κ1) is 15.4. The maximum absolute atomic E-state index is 5.98. The number of allylic oxidation sites excluding steroid dienone is 1. The average Bonchev–Trinajstić information content (AvgIpc) is 2.95. The van der Waals surface area contributed by atoms with E-state index in [-0.39, 0.29) is 0 Å². The van der Waals surface area contributed by atoms with Crippen molar-refractivity contribution < 1.29 is 9.47 Å². The number of hydrogen-bond acceptors (Lipinski definition) is 3. The van der Waals surface area contributed by atoms with E-state index < -0.39 is 0 Å². The largest absolute Gasteiger partial charge is 0.493 e. The fourth-order valence-corrected chi connectivity index (χ4v) is 2.55. The summed E-state index contributed by atoms with van der Waals surface area (Å²) >= 11 is 5.98. The Morgan fingerprint density at radius 3 is 2.87 bits per heavy atom. The van der Waals surface area contributed by atoms with E-state index >= 15 is 0 Å². The number of nitrogens with one attached hydrogen (secondary N) is 1. The number of aromatic amines is 1. The van der Waals surface area contributed by atoms with Crippen molar-refractivity contribution in [2.24, 2.45) is 0 Å². The van der Waals surface area contributed by atoms with E-state index in [1.165, 1.54) is 0 Å². The molecule has 0 spiro atoms. The molecule has 0 fully saturated rings. The van der Waals surface area contributed by atoms with Gasteiger partial charge in [0.25, 0.3) is 0 Å². The second-order valence-corrected chi connectivity index (χ2v) is 5.55. The van der Waals surface area contributed by atoms with Gasteiger partial charge in [-0.15, -0.1) is 6.58 Å². The molecule has 1 N–H and O–H groups in total. The van der Waals surface area contributed by atoms with Crippen molar-refractivity contribution in [2.75, 3.05) is 7.11 Å². The Labute approximate surface area is 139 Å². The van der Waals surface area contributed by atoms with Crippen molar-refractivity contribution in [2.45, 2.75) is 13.0 Å². The maximum atomic E-state index is 5.98. The molecule has 1 aromatic heterocycles. The summed E-state index contributed by atoms with van der Waals surface area (Å²) < 4.78 is 11.2. The van der Waals surface area contributed by atoms with E-state index in [0.29, 0.717) is 23.1 Å². The minimum atomic E-state index is 0.323. The topological polar surface area (TPSA) is 47.1 Å². The first-order valence-corrected chi connectivity index (χ1v) is 7.62. The van der Waals surface area contributed by atoms with E-state index in [2.05, 4.69) is 16.5 Å². The van der Waals surface area contributed by atoms with Gasteiger partial charge in [0, 0.05) is 5.02 Å². The molecule has 0 bridgehead atoms. The Morgan fingerprint density at radius 2 is 2.09 bits per heavy atom. The first-order valence-electron chi connectivity index (χ1n) is 7.24. The van der Waals surface area contributed by atoms with Gasteiger partial charge in [-0.05, 0) is 42.3 Å². The number of aromatic nitrogens is 2. The molecular formula is C18H17ClN2O2. The lowest BCUT2D eigenvalue weighted by atomic mass is 10.1. The molecule has 23 heavy (non-hydrogen) atoms. The summed E-state index contributed by atoms with van der Waals surface area (Å²) in [6, 6.07) is 11.4. The second kappa shape index (κ2) is 6.75. The minimum Gasteiger partial charge on any atom is -0.493 e. The van der Waals surface area contributed by atoms with Crippen LogP contribution in [0.1, 0.15) is 11.4 Å². The van der Waals surface area contributed by atoms with Crippen LogP contribution >= 0.6 is 11.6 Å². The summed E-state index contributed by atoms with van der Waals surface area (Å²) in [7, 11) is 1.63. The van der Waals surface area contributed by atoms with Crippen LogP contribution < -0.4 is 9.47 Å². The average molecular weight is 329 g/mol. The third-order valence-corrected chi connectivity index (χ3v) is 3.70.